The third kappa shape index (κ3) is 4.88. The lowest BCUT2D eigenvalue weighted by Crippen LogP contribution is -2.27. The number of hydrogen-bond acceptors (Lipinski definition) is 4. The summed E-state index contributed by atoms with van der Waals surface area (Å²) in [6.07, 6.45) is 1.29. The maximum atomic E-state index is 5.77. The van der Waals surface area contributed by atoms with Gasteiger partial charge in [0.15, 0.2) is 0 Å². The zero-order valence-electron chi connectivity index (χ0n) is 9.60. The molecular formula is C12H20N2OS. The van der Waals surface area contributed by atoms with Crippen molar-refractivity contribution in [2.24, 2.45) is 11.5 Å². The van der Waals surface area contributed by atoms with Gasteiger partial charge < -0.3 is 10.5 Å². The Balaban J connectivity index is 2.59. The second-order valence-corrected chi connectivity index (χ2v) is 4.44. The van der Waals surface area contributed by atoms with Crippen LogP contribution in [0.2, 0.25) is 0 Å². The van der Waals surface area contributed by atoms with Gasteiger partial charge in [0.25, 0.3) is 0 Å². The third-order valence-corrected chi connectivity index (χ3v) is 2.42. The summed E-state index contributed by atoms with van der Waals surface area (Å²) in [6, 6.07) is 8.05. The van der Waals surface area contributed by atoms with Crippen molar-refractivity contribution >= 4 is 12.6 Å². The Morgan fingerprint density at radius 2 is 2.12 bits per heavy atom. The molecule has 2 atom stereocenters. The lowest BCUT2D eigenvalue weighted by Gasteiger charge is -2.14. The molecular weight excluding hydrogens is 220 g/mol. The van der Waals surface area contributed by atoms with Gasteiger partial charge in [0.1, 0.15) is 12.0 Å². The molecule has 0 saturated heterocycles. The molecule has 0 saturated carbocycles. The maximum Gasteiger partial charge on any atom is 0.148 e. The molecule has 3 nitrogen and oxygen atoms in total. The number of thiol groups is 1. The van der Waals surface area contributed by atoms with E-state index in [-0.39, 0.29) is 12.3 Å². The zero-order chi connectivity index (χ0) is 12.0. The highest BCUT2D eigenvalue weighted by atomic mass is 32.1. The first-order valence-corrected chi connectivity index (χ1v) is 6.12. The van der Waals surface area contributed by atoms with Gasteiger partial charge in [-0.3, -0.25) is 5.73 Å². The average Bonchev–Trinajstić information content (AvgIpc) is 2.17. The number of rotatable bonds is 6. The van der Waals surface area contributed by atoms with Crippen LogP contribution in [-0.2, 0) is 6.42 Å². The van der Waals surface area contributed by atoms with E-state index in [1.165, 1.54) is 5.56 Å². The molecule has 0 aliphatic rings. The minimum absolute atomic E-state index is 0.154. The number of nitrogens with two attached hydrogens (primary N) is 2. The largest absolute Gasteiger partial charge is 0.476 e. The Kier molecular flexibility index (Phi) is 5.66. The Morgan fingerprint density at radius 1 is 1.38 bits per heavy atom. The molecule has 0 aliphatic carbocycles. The monoisotopic (exact) mass is 240 g/mol. The maximum absolute atomic E-state index is 5.77. The number of benzene rings is 1. The van der Waals surface area contributed by atoms with Gasteiger partial charge in [-0.15, -0.1) is 0 Å². The zero-order valence-corrected chi connectivity index (χ0v) is 10.5. The topological polar surface area (TPSA) is 61.3 Å². The summed E-state index contributed by atoms with van der Waals surface area (Å²) < 4.78 is 5.57. The van der Waals surface area contributed by atoms with E-state index in [0.717, 1.165) is 24.3 Å². The van der Waals surface area contributed by atoms with E-state index in [1.54, 1.807) is 0 Å². The highest BCUT2D eigenvalue weighted by Gasteiger charge is 2.04. The van der Waals surface area contributed by atoms with Gasteiger partial charge in [-0.2, -0.15) is 12.6 Å². The van der Waals surface area contributed by atoms with Crippen LogP contribution in [0, 0.1) is 0 Å². The van der Waals surface area contributed by atoms with Crippen molar-refractivity contribution in [2.75, 3.05) is 5.75 Å². The predicted molar refractivity (Wildman–Crippen MR) is 70.9 cm³/mol. The Labute approximate surface area is 103 Å². The Hall–Kier alpha value is -0.710. The highest BCUT2D eigenvalue weighted by Crippen LogP contribution is 2.15. The predicted octanol–water partition coefficient (Wildman–Crippen LogP) is 1.56. The van der Waals surface area contributed by atoms with Gasteiger partial charge in [0.05, 0.1) is 0 Å². The molecule has 0 amide bonds. The van der Waals surface area contributed by atoms with Gasteiger partial charge in [0, 0.05) is 12.5 Å². The van der Waals surface area contributed by atoms with Crippen molar-refractivity contribution in [3.63, 3.8) is 0 Å². The summed E-state index contributed by atoms with van der Waals surface area (Å²) in [5.41, 5.74) is 12.7. The van der Waals surface area contributed by atoms with Crippen LogP contribution < -0.4 is 16.2 Å². The summed E-state index contributed by atoms with van der Waals surface area (Å²) in [7, 11) is 0. The Morgan fingerprint density at radius 3 is 2.75 bits per heavy atom. The molecule has 1 aromatic rings. The lowest BCUT2D eigenvalue weighted by atomic mass is 10.1. The summed E-state index contributed by atoms with van der Waals surface area (Å²) in [4.78, 5) is 0. The molecule has 0 heterocycles. The van der Waals surface area contributed by atoms with Crippen LogP contribution in [0.1, 0.15) is 18.9 Å². The van der Waals surface area contributed by atoms with E-state index < -0.39 is 0 Å². The molecule has 4 heteroatoms. The van der Waals surface area contributed by atoms with Crippen LogP contribution in [0.5, 0.6) is 5.75 Å². The van der Waals surface area contributed by atoms with Crippen molar-refractivity contribution in [2.45, 2.75) is 32.0 Å². The van der Waals surface area contributed by atoms with Gasteiger partial charge >= 0.3 is 0 Å². The molecule has 0 aromatic heterocycles. The van der Waals surface area contributed by atoms with Crippen molar-refractivity contribution in [3.05, 3.63) is 29.8 Å². The quantitative estimate of drug-likeness (QED) is 0.522. The van der Waals surface area contributed by atoms with Crippen molar-refractivity contribution < 1.29 is 4.74 Å². The molecule has 2 unspecified atom stereocenters. The van der Waals surface area contributed by atoms with E-state index in [2.05, 4.69) is 12.6 Å². The minimum Gasteiger partial charge on any atom is -0.476 e. The number of ether oxygens (including phenoxy) is 1. The molecule has 0 radical (unpaired) electrons. The van der Waals surface area contributed by atoms with Crippen LogP contribution >= 0.6 is 12.6 Å². The van der Waals surface area contributed by atoms with E-state index in [4.69, 9.17) is 16.2 Å². The van der Waals surface area contributed by atoms with Gasteiger partial charge in [0.2, 0.25) is 0 Å². The average molecular weight is 240 g/mol. The first-order valence-electron chi connectivity index (χ1n) is 5.49. The van der Waals surface area contributed by atoms with E-state index >= 15 is 0 Å². The standard InChI is InChI=1S/C12H20N2OS/c1-9(13)7-10-3-2-4-11(8-10)15-12(14)5-6-16/h2-4,8-9,12,16H,5-7,13-14H2,1H3. The second kappa shape index (κ2) is 6.78. The number of hydrogen-bond donors (Lipinski definition) is 3. The van der Waals surface area contributed by atoms with E-state index in [0.29, 0.717) is 0 Å². The molecule has 0 spiro atoms. The third-order valence-electron chi connectivity index (χ3n) is 2.16. The normalized spacial score (nSPS) is 14.5. The lowest BCUT2D eigenvalue weighted by molar-refractivity contribution is 0.206. The van der Waals surface area contributed by atoms with Crippen LogP contribution in [0.4, 0.5) is 0 Å². The molecule has 1 aromatic carbocycles. The highest BCUT2D eigenvalue weighted by molar-refractivity contribution is 7.80. The fourth-order valence-corrected chi connectivity index (χ4v) is 1.73. The van der Waals surface area contributed by atoms with Crippen molar-refractivity contribution in [1.82, 2.24) is 0 Å². The van der Waals surface area contributed by atoms with E-state index in [1.807, 2.05) is 31.2 Å². The van der Waals surface area contributed by atoms with Crippen molar-refractivity contribution in [1.29, 1.82) is 0 Å². The minimum atomic E-state index is -0.289. The van der Waals surface area contributed by atoms with Gasteiger partial charge in [-0.25, -0.2) is 0 Å². The molecule has 0 aliphatic heterocycles. The molecule has 0 fully saturated rings. The summed E-state index contributed by atoms with van der Waals surface area (Å²) >= 11 is 4.12. The van der Waals surface area contributed by atoms with Gasteiger partial charge in [-0.05, 0) is 36.8 Å². The van der Waals surface area contributed by atoms with Crippen molar-refractivity contribution in [3.8, 4) is 5.75 Å². The molecule has 16 heavy (non-hydrogen) atoms. The van der Waals surface area contributed by atoms with Crippen LogP contribution in [0.25, 0.3) is 0 Å². The summed E-state index contributed by atoms with van der Waals surface area (Å²) in [6.45, 7) is 1.99. The fourth-order valence-electron chi connectivity index (χ4n) is 1.48. The molecule has 0 bridgehead atoms. The van der Waals surface area contributed by atoms with Crippen LogP contribution in [0.15, 0.2) is 24.3 Å². The first kappa shape index (κ1) is 13.4. The fraction of sp³-hybridized carbons (Fsp3) is 0.500. The Bertz CT molecular complexity index is 318. The van der Waals surface area contributed by atoms with Crippen LogP contribution in [-0.4, -0.2) is 18.0 Å². The SMILES string of the molecule is CC(N)Cc1cccc(OC(N)CCS)c1. The second-order valence-electron chi connectivity index (χ2n) is 4.00. The van der Waals surface area contributed by atoms with E-state index in [9.17, 15) is 0 Å². The van der Waals surface area contributed by atoms with Crippen LogP contribution in [0.3, 0.4) is 0 Å². The summed E-state index contributed by atoms with van der Waals surface area (Å²) in [5, 5.41) is 0. The molecule has 1 rings (SSSR count). The smallest absolute Gasteiger partial charge is 0.148 e. The first-order chi connectivity index (χ1) is 7.61. The molecule has 90 valence electrons. The summed E-state index contributed by atoms with van der Waals surface area (Å²) in [5.74, 6) is 1.52. The van der Waals surface area contributed by atoms with Gasteiger partial charge in [-0.1, -0.05) is 12.1 Å². The molecule has 4 N–H and O–H groups in total.